The molecule has 7 heteroatoms. The van der Waals surface area contributed by atoms with Gasteiger partial charge in [-0.25, -0.2) is 0 Å². The monoisotopic (exact) mass is 382 g/mol. The minimum atomic E-state index is 0.433. The van der Waals surface area contributed by atoms with Crippen molar-refractivity contribution in [2.45, 2.75) is 19.5 Å². The Balaban J connectivity index is 1.45. The van der Waals surface area contributed by atoms with Crippen molar-refractivity contribution >= 4 is 17.3 Å². The second kappa shape index (κ2) is 7.66. The molecule has 1 unspecified atom stereocenters. The highest BCUT2D eigenvalue weighted by Crippen LogP contribution is 2.22. The molecule has 3 heterocycles. The molecule has 1 aliphatic heterocycles. The van der Waals surface area contributed by atoms with Crippen LogP contribution in [-0.2, 0) is 13.6 Å². The predicted octanol–water partition coefficient (Wildman–Crippen LogP) is 3.24. The van der Waals surface area contributed by atoms with Gasteiger partial charge in [0, 0.05) is 61.4 Å². The lowest BCUT2D eigenvalue weighted by Gasteiger charge is -2.40. The summed E-state index contributed by atoms with van der Waals surface area (Å²) in [4.78, 5) is 8.99. The molecule has 1 aliphatic rings. The van der Waals surface area contributed by atoms with Crippen molar-refractivity contribution < 1.29 is 0 Å². The Bertz CT molecular complexity index is 893. The van der Waals surface area contributed by atoms with E-state index in [1.807, 2.05) is 43.7 Å². The van der Waals surface area contributed by atoms with Gasteiger partial charge in [-0.05, 0) is 43.3 Å². The van der Waals surface area contributed by atoms with Crippen LogP contribution in [-0.4, -0.2) is 50.3 Å². The molecule has 0 radical (unpaired) electrons. The number of pyridine rings is 1. The van der Waals surface area contributed by atoms with Crippen LogP contribution in [0.5, 0.6) is 0 Å². The van der Waals surface area contributed by atoms with E-state index in [0.29, 0.717) is 6.04 Å². The van der Waals surface area contributed by atoms with Crippen molar-refractivity contribution in [1.82, 2.24) is 24.6 Å². The summed E-state index contributed by atoms with van der Waals surface area (Å²) in [5.74, 6) is 1.84. The van der Waals surface area contributed by atoms with Gasteiger partial charge in [0.1, 0.15) is 5.82 Å². The molecule has 1 aromatic carbocycles. The van der Waals surface area contributed by atoms with Crippen molar-refractivity contribution in [2.24, 2.45) is 7.05 Å². The molecule has 4 rings (SSSR count). The molecule has 0 saturated carbocycles. The molecule has 0 bridgehead atoms. The van der Waals surface area contributed by atoms with Crippen molar-refractivity contribution in [3.8, 4) is 11.4 Å². The second-order valence-corrected chi connectivity index (χ2v) is 7.41. The summed E-state index contributed by atoms with van der Waals surface area (Å²) in [6.45, 7) is 6.04. The lowest BCUT2D eigenvalue weighted by molar-refractivity contribution is 0.175. The van der Waals surface area contributed by atoms with Gasteiger partial charge < -0.3 is 9.47 Å². The SMILES string of the molecule is CC1CN(c2ccncc2)CCN1Cc1nnc(-c2ccc(Cl)cc2)n1C. The maximum Gasteiger partial charge on any atom is 0.163 e. The van der Waals surface area contributed by atoms with Gasteiger partial charge in [0.25, 0.3) is 0 Å². The molecule has 2 aromatic heterocycles. The molecule has 0 spiro atoms. The Morgan fingerprint density at radius 2 is 1.78 bits per heavy atom. The van der Waals surface area contributed by atoms with E-state index in [2.05, 4.69) is 48.6 Å². The Morgan fingerprint density at radius 1 is 1.04 bits per heavy atom. The van der Waals surface area contributed by atoms with E-state index in [-0.39, 0.29) is 0 Å². The van der Waals surface area contributed by atoms with Crippen LogP contribution < -0.4 is 4.90 Å². The van der Waals surface area contributed by atoms with Crippen LogP contribution in [0.2, 0.25) is 5.02 Å². The van der Waals surface area contributed by atoms with Gasteiger partial charge in [-0.3, -0.25) is 9.88 Å². The predicted molar refractivity (Wildman–Crippen MR) is 108 cm³/mol. The highest BCUT2D eigenvalue weighted by molar-refractivity contribution is 6.30. The Morgan fingerprint density at radius 3 is 2.48 bits per heavy atom. The maximum atomic E-state index is 5.99. The number of halogens is 1. The minimum Gasteiger partial charge on any atom is -0.369 e. The third-order valence-electron chi connectivity index (χ3n) is 5.20. The van der Waals surface area contributed by atoms with Crippen molar-refractivity contribution in [3.05, 3.63) is 59.6 Å². The highest BCUT2D eigenvalue weighted by atomic mass is 35.5. The molecule has 0 N–H and O–H groups in total. The zero-order chi connectivity index (χ0) is 18.8. The van der Waals surface area contributed by atoms with Crippen molar-refractivity contribution in [3.63, 3.8) is 0 Å². The molecule has 0 aliphatic carbocycles. The fourth-order valence-electron chi connectivity index (χ4n) is 3.55. The first-order chi connectivity index (χ1) is 13.1. The minimum absolute atomic E-state index is 0.433. The normalized spacial score (nSPS) is 18.0. The third-order valence-corrected chi connectivity index (χ3v) is 5.46. The van der Waals surface area contributed by atoms with E-state index in [1.54, 1.807) is 0 Å². The first-order valence-corrected chi connectivity index (χ1v) is 9.53. The Kier molecular flexibility index (Phi) is 5.09. The van der Waals surface area contributed by atoms with Crippen LogP contribution >= 0.6 is 11.6 Å². The van der Waals surface area contributed by atoms with Gasteiger partial charge >= 0.3 is 0 Å². The molecular weight excluding hydrogens is 360 g/mol. The summed E-state index contributed by atoms with van der Waals surface area (Å²) in [6, 6.07) is 12.3. The zero-order valence-electron chi connectivity index (χ0n) is 15.6. The maximum absolute atomic E-state index is 5.99. The van der Waals surface area contributed by atoms with Gasteiger partial charge in [-0.15, -0.1) is 10.2 Å². The molecule has 3 aromatic rings. The average molecular weight is 383 g/mol. The van der Waals surface area contributed by atoms with Crippen LogP contribution in [0.3, 0.4) is 0 Å². The molecule has 27 heavy (non-hydrogen) atoms. The zero-order valence-corrected chi connectivity index (χ0v) is 16.3. The standard InChI is InChI=1S/C20H23ClN6/c1-15-13-27(18-7-9-22-10-8-18)12-11-26(15)14-19-23-24-20(25(19)2)16-3-5-17(21)6-4-16/h3-10,15H,11-14H2,1-2H3. The second-order valence-electron chi connectivity index (χ2n) is 6.98. The van der Waals surface area contributed by atoms with E-state index >= 15 is 0 Å². The van der Waals surface area contributed by atoms with E-state index in [4.69, 9.17) is 11.6 Å². The smallest absolute Gasteiger partial charge is 0.163 e. The van der Waals surface area contributed by atoms with E-state index in [1.165, 1.54) is 5.69 Å². The molecular formula is C20H23ClN6. The highest BCUT2D eigenvalue weighted by Gasteiger charge is 2.25. The lowest BCUT2D eigenvalue weighted by atomic mass is 10.1. The lowest BCUT2D eigenvalue weighted by Crippen LogP contribution is -2.51. The molecule has 0 amide bonds. The van der Waals surface area contributed by atoms with Crippen LogP contribution in [0.25, 0.3) is 11.4 Å². The van der Waals surface area contributed by atoms with Gasteiger partial charge in [0.05, 0.1) is 6.54 Å². The number of piperazine rings is 1. The number of hydrogen-bond donors (Lipinski definition) is 0. The summed E-state index contributed by atoms with van der Waals surface area (Å²) in [5.41, 5.74) is 2.26. The quantitative estimate of drug-likeness (QED) is 0.693. The van der Waals surface area contributed by atoms with Crippen molar-refractivity contribution in [2.75, 3.05) is 24.5 Å². The van der Waals surface area contributed by atoms with E-state index in [0.717, 1.165) is 48.4 Å². The number of hydrogen-bond acceptors (Lipinski definition) is 5. The topological polar surface area (TPSA) is 50.1 Å². The number of benzene rings is 1. The van der Waals surface area contributed by atoms with Crippen LogP contribution in [0.1, 0.15) is 12.7 Å². The number of anilines is 1. The van der Waals surface area contributed by atoms with Crippen LogP contribution in [0, 0.1) is 0 Å². The van der Waals surface area contributed by atoms with E-state index < -0.39 is 0 Å². The average Bonchev–Trinajstić information content (AvgIpc) is 3.05. The summed E-state index contributed by atoms with van der Waals surface area (Å²) >= 11 is 5.99. The fraction of sp³-hybridized carbons (Fsp3) is 0.350. The van der Waals surface area contributed by atoms with E-state index in [9.17, 15) is 0 Å². The number of nitrogens with zero attached hydrogens (tertiary/aromatic N) is 6. The first kappa shape index (κ1) is 17.9. The molecule has 1 fully saturated rings. The van der Waals surface area contributed by atoms with Gasteiger partial charge in [0.15, 0.2) is 5.82 Å². The van der Waals surface area contributed by atoms with Crippen molar-refractivity contribution in [1.29, 1.82) is 0 Å². The van der Waals surface area contributed by atoms with Gasteiger partial charge in [-0.1, -0.05) is 11.6 Å². The Hall–Kier alpha value is -2.44. The molecule has 1 atom stereocenters. The van der Waals surface area contributed by atoms with Gasteiger partial charge in [0.2, 0.25) is 0 Å². The number of aromatic nitrogens is 4. The van der Waals surface area contributed by atoms with Crippen LogP contribution in [0.4, 0.5) is 5.69 Å². The first-order valence-electron chi connectivity index (χ1n) is 9.15. The summed E-state index contributed by atoms with van der Waals surface area (Å²) in [7, 11) is 2.02. The van der Waals surface area contributed by atoms with Gasteiger partial charge in [-0.2, -0.15) is 0 Å². The Labute approximate surface area is 164 Å². The summed E-state index contributed by atoms with van der Waals surface area (Å²) in [5, 5.41) is 9.56. The largest absolute Gasteiger partial charge is 0.369 e. The summed E-state index contributed by atoms with van der Waals surface area (Å²) < 4.78 is 2.07. The molecule has 6 nitrogen and oxygen atoms in total. The molecule has 1 saturated heterocycles. The number of rotatable bonds is 4. The molecule has 140 valence electrons. The summed E-state index contributed by atoms with van der Waals surface area (Å²) in [6.07, 6.45) is 3.70. The fourth-order valence-corrected chi connectivity index (χ4v) is 3.68. The third kappa shape index (κ3) is 3.82. The van der Waals surface area contributed by atoms with Crippen LogP contribution in [0.15, 0.2) is 48.8 Å².